The number of aromatic hydroxyl groups is 1. The third-order valence-corrected chi connectivity index (χ3v) is 12.2. The summed E-state index contributed by atoms with van der Waals surface area (Å²) in [6.45, 7) is 8.16. The van der Waals surface area contributed by atoms with Crippen LogP contribution in [0.2, 0.25) is 0 Å². The van der Waals surface area contributed by atoms with E-state index in [9.17, 15) is 28.3 Å². The second-order valence-corrected chi connectivity index (χ2v) is 16.0. The van der Waals surface area contributed by atoms with Crippen molar-refractivity contribution in [3.8, 4) is 11.5 Å². The maximum Gasteiger partial charge on any atom is 0.252 e. The van der Waals surface area contributed by atoms with Gasteiger partial charge in [0, 0.05) is 94.2 Å². The number of phenols is 1. The Morgan fingerprint density at radius 1 is 0.759 bits per heavy atom. The van der Waals surface area contributed by atoms with Crippen LogP contribution in [0.5, 0.6) is 11.5 Å². The summed E-state index contributed by atoms with van der Waals surface area (Å²) in [7, 11) is 0. The Hall–Kier alpha value is -5.56. The minimum atomic E-state index is -0.345. The van der Waals surface area contributed by atoms with Crippen LogP contribution in [0.4, 0.5) is 24.5 Å². The van der Waals surface area contributed by atoms with Crippen LogP contribution in [-0.2, 0) is 16.1 Å². The number of amides is 3. The molecule has 0 aliphatic carbocycles. The average molecular weight is 796 g/mol. The summed E-state index contributed by atoms with van der Waals surface area (Å²) < 4.78 is 51.1. The van der Waals surface area contributed by atoms with Crippen molar-refractivity contribution < 1.29 is 37.4 Å². The number of nitrogens with one attached hydrogen (secondary N) is 2. The molecule has 4 aromatic carbocycles. The highest BCUT2D eigenvalue weighted by atomic mass is 19.1. The van der Waals surface area contributed by atoms with E-state index in [0.717, 1.165) is 80.9 Å². The number of piperazine rings is 1. The number of halogens is 3. The Morgan fingerprint density at radius 2 is 1.47 bits per heavy atom. The third-order valence-electron chi connectivity index (χ3n) is 12.2. The number of carbonyl (C=O) groups is 3. The van der Waals surface area contributed by atoms with E-state index >= 15 is 4.39 Å². The van der Waals surface area contributed by atoms with E-state index in [-0.39, 0.29) is 52.8 Å². The van der Waals surface area contributed by atoms with Gasteiger partial charge >= 0.3 is 0 Å². The first-order valence-electron chi connectivity index (χ1n) is 20.2. The number of benzene rings is 4. The highest BCUT2D eigenvalue weighted by Gasteiger charge is 2.35. The fraction of sp³-hybridized carbons (Fsp3) is 0.400. The summed E-state index contributed by atoms with van der Waals surface area (Å²) in [6, 6.07) is 18.8. The van der Waals surface area contributed by atoms with Crippen molar-refractivity contribution in [3.05, 3.63) is 118 Å². The Morgan fingerprint density at radius 3 is 2.16 bits per heavy atom. The van der Waals surface area contributed by atoms with Gasteiger partial charge in [0.15, 0.2) is 0 Å². The number of imide groups is 1. The zero-order chi connectivity index (χ0) is 40.5. The van der Waals surface area contributed by atoms with Gasteiger partial charge in [-0.1, -0.05) is 24.3 Å². The van der Waals surface area contributed by atoms with Crippen molar-refractivity contribution in [2.24, 2.45) is 5.92 Å². The van der Waals surface area contributed by atoms with E-state index in [4.69, 9.17) is 4.74 Å². The van der Waals surface area contributed by atoms with Gasteiger partial charge in [-0.25, -0.2) is 13.2 Å². The first kappa shape index (κ1) is 39.3. The van der Waals surface area contributed by atoms with E-state index in [2.05, 4.69) is 25.3 Å². The Bertz CT molecular complexity index is 2200. The molecule has 0 radical (unpaired) electrons. The standard InChI is InChI=1S/C40H41F3N4O3.C5H7NO2/c1-24-16-26(2-6-33(24)41)32-23-50-38-19-29(48)4-5-30(38)39(32)27-3-7-36(34(42)17-27)46-10-8-25(9-11-46)22-45-12-14-47(15-13-45)37-18-28-21-44-40(49)31(28)20-35(37)43;7-4-2-1-3-5(8)6-4/h2-7,16-20,25,32,39,48H,8-15,21-23H2,1H3,(H,44,49);1-3H2,(H,6,7,8). The number of hydrogen-bond acceptors (Lipinski definition) is 8. The summed E-state index contributed by atoms with van der Waals surface area (Å²) in [6.07, 6.45) is 3.65. The van der Waals surface area contributed by atoms with Crippen LogP contribution in [0.15, 0.2) is 66.7 Å². The number of carbonyl (C=O) groups excluding carboxylic acids is 3. The van der Waals surface area contributed by atoms with Gasteiger partial charge in [0.2, 0.25) is 11.8 Å². The molecule has 13 heteroatoms. The van der Waals surface area contributed by atoms with Crippen molar-refractivity contribution >= 4 is 29.1 Å². The van der Waals surface area contributed by atoms with Gasteiger partial charge in [0.25, 0.3) is 5.91 Å². The zero-order valence-corrected chi connectivity index (χ0v) is 32.5. The molecule has 0 aromatic heterocycles. The van der Waals surface area contributed by atoms with Crippen molar-refractivity contribution in [2.45, 2.75) is 57.4 Å². The zero-order valence-electron chi connectivity index (χ0n) is 32.5. The first-order chi connectivity index (χ1) is 28.0. The van der Waals surface area contributed by atoms with E-state index < -0.39 is 0 Å². The molecule has 10 nitrogen and oxygen atoms in total. The maximum absolute atomic E-state index is 16.0. The fourth-order valence-corrected chi connectivity index (χ4v) is 9.03. The number of aryl methyl sites for hydroxylation is 1. The first-order valence-corrected chi connectivity index (χ1v) is 20.2. The Kier molecular flexibility index (Phi) is 11.3. The lowest BCUT2D eigenvalue weighted by molar-refractivity contribution is -0.132. The van der Waals surface area contributed by atoms with Crippen LogP contribution < -0.4 is 25.2 Å². The second-order valence-electron chi connectivity index (χ2n) is 16.0. The summed E-state index contributed by atoms with van der Waals surface area (Å²) in [5.74, 6) is -0.585. The van der Waals surface area contributed by atoms with Crippen LogP contribution in [-0.4, -0.2) is 80.1 Å². The Labute approximate surface area is 336 Å². The summed E-state index contributed by atoms with van der Waals surface area (Å²) >= 11 is 0. The van der Waals surface area contributed by atoms with Crippen LogP contribution in [0.1, 0.15) is 82.1 Å². The molecule has 3 fully saturated rings. The normalized spacial score (nSPS) is 21.0. The van der Waals surface area contributed by atoms with Gasteiger partial charge in [0.1, 0.15) is 29.0 Å². The van der Waals surface area contributed by atoms with E-state index in [1.54, 1.807) is 31.2 Å². The van der Waals surface area contributed by atoms with Crippen LogP contribution in [0.3, 0.4) is 0 Å². The number of hydrogen-bond donors (Lipinski definition) is 3. The molecule has 3 N–H and O–H groups in total. The highest BCUT2D eigenvalue weighted by Crippen LogP contribution is 2.48. The highest BCUT2D eigenvalue weighted by molar-refractivity contribution is 5.99. The smallest absolute Gasteiger partial charge is 0.252 e. The molecule has 2 atom stereocenters. The molecule has 58 heavy (non-hydrogen) atoms. The topological polar surface area (TPSA) is 114 Å². The van der Waals surface area contributed by atoms with Crippen LogP contribution in [0.25, 0.3) is 0 Å². The van der Waals surface area contributed by atoms with E-state index in [1.807, 2.05) is 30.3 Å². The fourth-order valence-electron chi connectivity index (χ4n) is 9.03. The number of rotatable bonds is 6. The van der Waals surface area contributed by atoms with E-state index in [1.165, 1.54) is 12.1 Å². The van der Waals surface area contributed by atoms with Crippen molar-refractivity contribution in [1.29, 1.82) is 0 Å². The monoisotopic (exact) mass is 795 g/mol. The molecular weight excluding hydrogens is 748 g/mol. The lowest BCUT2D eigenvalue weighted by Crippen LogP contribution is -2.49. The molecule has 5 aliphatic rings. The van der Waals surface area contributed by atoms with Crippen molar-refractivity contribution in [1.82, 2.24) is 15.5 Å². The molecule has 5 aliphatic heterocycles. The van der Waals surface area contributed by atoms with E-state index in [0.29, 0.717) is 66.6 Å². The lowest BCUT2D eigenvalue weighted by Gasteiger charge is -2.40. The Balaban J connectivity index is 0.000000526. The molecule has 4 aromatic rings. The number of fused-ring (bicyclic) bond motifs is 2. The van der Waals surface area contributed by atoms with Crippen LogP contribution >= 0.6 is 0 Å². The number of phenolic OH excluding ortho intramolecular Hbond substituents is 1. The number of ether oxygens (including phenoxy) is 1. The molecule has 3 amide bonds. The van der Waals surface area contributed by atoms with Gasteiger partial charge in [-0.05, 0) is 90.8 Å². The van der Waals surface area contributed by atoms with Gasteiger partial charge in [-0.2, -0.15) is 0 Å². The molecule has 9 rings (SSSR count). The molecule has 0 saturated carbocycles. The maximum atomic E-state index is 16.0. The minimum absolute atomic E-state index is 0.105. The number of piperidine rings is 2. The quantitative estimate of drug-likeness (QED) is 0.189. The molecule has 2 unspecified atom stereocenters. The molecular formula is C45H48F3N5O5. The van der Waals surface area contributed by atoms with Gasteiger partial charge < -0.3 is 25.0 Å². The van der Waals surface area contributed by atoms with Gasteiger partial charge in [-0.15, -0.1) is 0 Å². The third kappa shape index (κ3) is 8.36. The average Bonchev–Trinajstić information content (AvgIpc) is 3.57. The molecule has 304 valence electrons. The summed E-state index contributed by atoms with van der Waals surface area (Å²) in [5, 5.41) is 15.1. The molecule has 3 saturated heterocycles. The van der Waals surface area contributed by atoms with Crippen LogP contribution in [0, 0.1) is 30.3 Å². The largest absolute Gasteiger partial charge is 0.508 e. The molecule has 0 spiro atoms. The summed E-state index contributed by atoms with van der Waals surface area (Å²) in [5.41, 5.74) is 5.60. The predicted octanol–water partition coefficient (Wildman–Crippen LogP) is 6.52. The van der Waals surface area contributed by atoms with Crippen molar-refractivity contribution in [2.75, 3.05) is 62.2 Å². The number of nitrogens with zero attached hydrogens (tertiary/aromatic N) is 3. The lowest BCUT2D eigenvalue weighted by atomic mass is 9.75. The summed E-state index contributed by atoms with van der Waals surface area (Å²) in [4.78, 5) is 39.3. The van der Waals surface area contributed by atoms with Crippen molar-refractivity contribution in [3.63, 3.8) is 0 Å². The second kappa shape index (κ2) is 16.7. The molecule has 0 bridgehead atoms. The minimum Gasteiger partial charge on any atom is -0.508 e. The number of anilines is 2. The molecule has 5 heterocycles. The SMILES string of the molecule is Cc1cc(C2COc3cc(O)ccc3C2c2ccc(N3CCC(CN4CCN(c5cc6c(cc5F)C(=O)NC6)CC4)CC3)c(F)c2)ccc1F.O=C1CCCC(=O)N1. The van der Waals surface area contributed by atoms with Gasteiger partial charge in [0.05, 0.1) is 18.0 Å². The predicted molar refractivity (Wildman–Crippen MR) is 214 cm³/mol. The van der Waals surface area contributed by atoms with Gasteiger partial charge in [-0.3, -0.25) is 24.6 Å².